The fourth-order valence-corrected chi connectivity index (χ4v) is 1.94. The van der Waals surface area contributed by atoms with Gasteiger partial charge in [-0.15, -0.1) is 0 Å². The lowest BCUT2D eigenvalue weighted by Gasteiger charge is -2.27. The SMILES string of the molecule is NC(=O)N1C[C@H]2CC[C@H]2C1. The van der Waals surface area contributed by atoms with Gasteiger partial charge < -0.3 is 10.6 Å². The molecule has 0 aromatic carbocycles. The van der Waals surface area contributed by atoms with Crippen molar-refractivity contribution in [2.24, 2.45) is 17.6 Å². The van der Waals surface area contributed by atoms with Crippen molar-refractivity contribution in [2.45, 2.75) is 12.8 Å². The highest BCUT2D eigenvalue weighted by molar-refractivity contribution is 5.72. The maximum atomic E-state index is 10.7. The van der Waals surface area contributed by atoms with Crippen molar-refractivity contribution in [1.82, 2.24) is 4.90 Å². The second-order valence-electron chi connectivity index (χ2n) is 3.34. The van der Waals surface area contributed by atoms with Crippen LogP contribution in [0.15, 0.2) is 0 Å². The number of fused-ring (bicyclic) bond motifs is 1. The molecule has 1 saturated carbocycles. The first kappa shape index (κ1) is 6.01. The van der Waals surface area contributed by atoms with Crippen LogP contribution in [0, 0.1) is 11.8 Å². The lowest BCUT2D eigenvalue weighted by atomic mass is 9.77. The molecule has 1 aliphatic heterocycles. The lowest BCUT2D eigenvalue weighted by Crippen LogP contribution is -2.33. The maximum absolute atomic E-state index is 10.7. The largest absolute Gasteiger partial charge is 0.351 e. The Kier molecular flexibility index (Phi) is 1.13. The summed E-state index contributed by atoms with van der Waals surface area (Å²) in [4.78, 5) is 12.4. The molecule has 2 N–H and O–H groups in total. The summed E-state index contributed by atoms with van der Waals surface area (Å²) >= 11 is 0. The summed E-state index contributed by atoms with van der Waals surface area (Å²) in [7, 11) is 0. The van der Waals surface area contributed by atoms with Crippen LogP contribution in [0.5, 0.6) is 0 Å². The van der Waals surface area contributed by atoms with E-state index in [1.807, 2.05) is 0 Å². The number of nitrogens with zero attached hydrogens (tertiary/aromatic N) is 1. The van der Waals surface area contributed by atoms with Gasteiger partial charge in [0.05, 0.1) is 0 Å². The second-order valence-corrected chi connectivity index (χ2v) is 3.34. The standard InChI is InChI=1S/C7H12N2O/c8-7(10)9-3-5-1-2-6(5)4-9/h5-6H,1-4H2,(H2,8,10)/t5-,6+. The molecule has 0 aromatic heterocycles. The highest BCUT2D eigenvalue weighted by Gasteiger charge is 2.40. The Hall–Kier alpha value is -0.730. The molecule has 1 heterocycles. The van der Waals surface area contributed by atoms with Gasteiger partial charge in [0.2, 0.25) is 0 Å². The number of primary amides is 1. The molecule has 1 saturated heterocycles. The van der Waals surface area contributed by atoms with E-state index in [9.17, 15) is 4.79 Å². The van der Waals surface area contributed by atoms with Crippen molar-refractivity contribution in [3.63, 3.8) is 0 Å². The third kappa shape index (κ3) is 0.696. The van der Waals surface area contributed by atoms with E-state index in [-0.39, 0.29) is 6.03 Å². The van der Waals surface area contributed by atoms with E-state index in [1.54, 1.807) is 4.90 Å². The van der Waals surface area contributed by atoms with Crippen LogP contribution in [0.2, 0.25) is 0 Å². The van der Waals surface area contributed by atoms with Gasteiger partial charge in [-0.1, -0.05) is 0 Å². The lowest BCUT2D eigenvalue weighted by molar-refractivity contribution is 0.217. The molecule has 0 bridgehead atoms. The van der Waals surface area contributed by atoms with Crippen LogP contribution in [0.4, 0.5) is 4.79 Å². The van der Waals surface area contributed by atoms with Gasteiger partial charge in [-0.25, -0.2) is 4.79 Å². The number of hydrogen-bond acceptors (Lipinski definition) is 1. The molecule has 2 aliphatic rings. The first-order chi connectivity index (χ1) is 4.77. The Morgan fingerprint density at radius 1 is 1.30 bits per heavy atom. The van der Waals surface area contributed by atoms with Crippen LogP contribution in [-0.4, -0.2) is 24.0 Å². The predicted molar refractivity (Wildman–Crippen MR) is 37.4 cm³/mol. The Bertz CT molecular complexity index is 157. The summed E-state index contributed by atoms with van der Waals surface area (Å²) in [6.45, 7) is 1.83. The molecule has 3 nitrogen and oxygen atoms in total. The quantitative estimate of drug-likeness (QED) is 0.520. The van der Waals surface area contributed by atoms with E-state index in [0.29, 0.717) is 0 Å². The van der Waals surface area contributed by atoms with Gasteiger partial charge in [0.25, 0.3) is 0 Å². The zero-order chi connectivity index (χ0) is 7.14. The molecule has 2 fully saturated rings. The summed E-state index contributed by atoms with van der Waals surface area (Å²) < 4.78 is 0. The van der Waals surface area contributed by atoms with E-state index in [4.69, 9.17) is 5.73 Å². The molecule has 0 radical (unpaired) electrons. The number of nitrogens with two attached hydrogens (primary N) is 1. The molecule has 1 aliphatic carbocycles. The highest BCUT2D eigenvalue weighted by Crippen LogP contribution is 2.39. The minimum atomic E-state index is -0.241. The topological polar surface area (TPSA) is 46.3 Å². The average Bonchev–Trinajstić information content (AvgIpc) is 2.09. The van der Waals surface area contributed by atoms with E-state index in [2.05, 4.69) is 0 Å². The van der Waals surface area contributed by atoms with Gasteiger partial charge in [-0.05, 0) is 24.7 Å². The molecular weight excluding hydrogens is 128 g/mol. The van der Waals surface area contributed by atoms with Gasteiger partial charge in [0.1, 0.15) is 0 Å². The van der Waals surface area contributed by atoms with E-state index in [0.717, 1.165) is 24.9 Å². The number of urea groups is 1. The molecule has 56 valence electrons. The van der Waals surface area contributed by atoms with Crippen LogP contribution in [0.25, 0.3) is 0 Å². The van der Waals surface area contributed by atoms with Crippen molar-refractivity contribution < 1.29 is 4.79 Å². The Balaban J connectivity index is 1.98. The second kappa shape index (κ2) is 1.87. The molecule has 10 heavy (non-hydrogen) atoms. The summed E-state index contributed by atoms with van der Waals surface area (Å²) in [5.74, 6) is 1.57. The van der Waals surface area contributed by atoms with Crippen LogP contribution in [-0.2, 0) is 0 Å². The Morgan fingerprint density at radius 2 is 1.80 bits per heavy atom. The molecule has 0 unspecified atom stereocenters. The van der Waals surface area contributed by atoms with Gasteiger partial charge >= 0.3 is 6.03 Å². The van der Waals surface area contributed by atoms with Gasteiger partial charge in [-0.3, -0.25) is 0 Å². The number of amides is 2. The van der Waals surface area contributed by atoms with Crippen molar-refractivity contribution >= 4 is 6.03 Å². The zero-order valence-electron chi connectivity index (χ0n) is 5.92. The third-order valence-electron chi connectivity index (χ3n) is 2.80. The smallest absolute Gasteiger partial charge is 0.314 e. The minimum Gasteiger partial charge on any atom is -0.351 e. The first-order valence-electron chi connectivity index (χ1n) is 3.82. The molecule has 3 heteroatoms. The number of hydrogen-bond donors (Lipinski definition) is 1. The van der Waals surface area contributed by atoms with E-state index in [1.165, 1.54) is 12.8 Å². The van der Waals surface area contributed by atoms with Crippen molar-refractivity contribution in [2.75, 3.05) is 13.1 Å². The highest BCUT2D eigenvalue weighted by atomic mass is 16.2. The number of rotatable bonds is 0. The number of carbonyl (C=O) groups is 1. The third-order valence-corrected chi connectivity index (χ3v) is 2.80. The monoisotopic (exact) mass is 140 g/mol. The molecule has 2 atom stereocenters. The maximum Gasteiger partial charge on any atom is 0.314 e. The fourth-order valence-electron chi connectivity index (χ4n) is 1.94. The average molecular weight is 140 g/mol. The van der Waals surface area contributed by atoms with Crippen LogP contribution in [0.3, 0.4) is 0 Å². The number of likely N-dealkylation sites (tertiary alicyclic amines) is 1. The zero-order valence-corrected chi connectivity index (χ0v) is 5.92. The first-order valence-corrected chi connectivity index (χ1v) is 3.82. The number of carbonyl (C=O) groups excluding carboxylic acids is 1. The summed E-state index contributed by atoms with van der Waals surface area (Å²) in [6.07, 6.45) is 2.60. The van der Waals surface area contributed by atoms with Gasteiger partial charge in [0.15, 0.2) is 0 Å². The van der Waals surface area contributed by atoms with Crippen LogP contribution >= 0.6 is 0 Å². The van der Waals surface area contributed by atoms with Crippen LogP contribution in [0.1, 0.15) is 12.8 Å². The van der Waals surface area contributed by atoms with Gasteiger partial charge in [0, 0.05) is 13.1 Å². The molecule has 2 rings (SSSR count). The van der Waals surface area contributed by atoms with Crippen molar-refractivity contribution in [1.29, 1.82) is 0 Å². The van der Waals surface area contributed by atoms with Crippen LogP contribution < -0.4 is 5.73 Å². The minimum absolute atomic E-state index is 0.241. The van der Waals surface area contributed by atoms with Crippen molar-refractivity contribution in [3.05, 3.63) is 0 Å². The molecule has 0 spiro atoms. The molecule has 2 amide bonds. The van der Waals surface area contributed by atoms with Gasteiger partial charge in [-0.2, -0.15) is 0 Å². The summed E-state index contributed by atoms with van der Waals surface area (Å²) in [5, 5.41) is 0. The molecule has 0 aromatic rings. The van der Waals surface area contributed by atoms with E-state index >= 15 is 0 Å². The molecular formula is C7H12N2O. The Morgan fingerprint density at radius 3 is 2.10 bits per heavy atom. The normalized spacial score (nSPS) is 37.0. The Labute approximate surface area is 60.2 Å². The summed E-state index contributed by atoms with van der Waals surface area (Å²) in [5.41, 5.74) is 5.14. The fraction of sp³-hybridized carbons (Fsp3) is 0.857. The summed E-state index contributed by atoms with van der Waals surface area (Å²) in [6, 6.07) is -0.241. The van der Waals surface area contributed by atoms with Crippen molar-refractivity contribution in [3.8, 4) is 0 Å². The van der Waals surface area contributed by atoms with E-state index < -0.39 is 0 Å². The predicted octanol–water partition coefficient (Wildman–Crippen LogP) is 0.407.